The zero-order chi connectivity index (χ0) is 16.1. The molecule has 5 heteroatoms. The van der Waals surface area contributed by atoms with Gasteiger partial charge in [-0.2, -0.15) is 0 Å². The van der Waals surface area contributed by atoms with Crippen molar-refractivity contribution in [3.63, 3.8) is 0 Å². The predicted molar refractivity (Wildman–Crippen MR) is 90.0 cm³/mol. The molecule has 1 heterocycles. The molecule has 3 rings (SSSR count). The fourth-order valence-electron chi connectivity index (χ4n) is 3.29. The first-order valence-electron chi connectivity index (χ1n) is 8.66. The molecule has 2 N–H and O–H groups in total. The second-order valence-corrected chi connectivity index (χ2v) is 6.67. The Balaban J connectivity index is 1.49. The standard InChI is InChI=1S/C18H27N3O2/c19-9-11-20-10-8-16(12-20)13-21(17-6-7-17)18(22)23-14-15-4-2-1-3-5-15/h1-5,16-17H,6-14,19H2/t16-/m1/s1. The van der Waals surface area contributed by atoms with Crippen LogP contribution in [-0.4, -0.2) is 54.7 Å². The first kappa shape index (κ1) is 16.3. The Kier molecular flexibility index (Phi) is 5.51. The monoisotopic (exact) mass is 317 g/mol. The van der Waals surface area contributed by atoms with Gasteiger partial charge in [-0.1, -0.05) is 30.3 Å². The molecule has 1 amide bonds. The van der Waals surface area contributed by atoms with E-state index in [1.54, 1.807) is 0 Å². The van der Waals surface area contributed by atoms with E-state index in [1.165, 1.54) is 0 Å². The zero-order valence-electron chi connectivity index (χ0n) is 13.7. The highest BCUT2D eigenvalue weighted by atomic mass is 16.6. The minimum Gasteiger partial charge on any atom is -0.445 e. The van der Waals surface area contributed by atoms with Crippen LogP contribution in [0.1, 0.15) is 24.8 Å². The SMILES string of the molecule is NCCN1CC[C@@H](CN(C(=O)OCc2ccccc2)C2CC2)C1. The van der Waals surface area contributed by atoms with Crippen LogP contribution in [-0.2, 0) is 11.3 Å². The van der Waals surface area contributed by atoms with Gasteiger partial charge in [0.05, 0.1) is 0 Å². The van der Waals surface area contributed by atoms with Crippen molar-refractivity contribution in [1.29, 1.82) is 0 Å². The van der Waals surface area contributed by atoms with E-state index in [2.05, 4.69) is 4.90 Å². The average molecular weight is 317 g/mol. The molecule has 23 heavy (non-hydrogen) atoms. The molecule has 0 radical (unpaired) electrons. The lowest BCUT2D eigenvalue weighted by Gasteiger charge is -2.25. The fraction of sp³-hybridized carbons (Fsp3) is 0.611. The highest BCUT2D eigenvalue weighted by molar-refractivity contribution is 5.68. The van der Waals surface area contributed by atoms with Crippen LogP contribution in [0.25, 0.3) is 0 Å². The van der Waals surface area contributed by atoms with Crippen LogP contribution in [0.2, 0.25) is 0 Å². The van der Waals surface area contributed by atoms with Gasteiger partial charge in [0.1, 0.15) is 6.61 Å². The lowest BCUT2D eigenvalue weighted by molar-refractivity contribution is 0.0876. The summed E-state index contributed by atoms with van der Waals surface area (Å²) in [7, 11) is 0. The Morgan fingerprint density at radius 3 is 2.74 bits per heavy atom. The molecule has 1 aliphatic carbocycles. The van der Waals surface area contributed by atoms with Crippen LogP contribution in [0.3, 0.4) is 0 Å². The van der Waals surface area contributed by atoms with Crippen molar-refractivity contribution in [3.8, 4) is 0 Å². The number of hydrogen-bond acceptors (Lipinski definition) is 4. The van der Waals surface area contributed by atoms with Crippen molar-refractivity contribution in [1.82, 2.24) is 9.80 Å². The maximum absolute atomic E-state index is 12.5. The zero-order valence-corrected chi connectivity index (χ0v) is 13.7. The molecule has 0 aromatic heterocycles. The Bertz CT molecular complexity index is 504. The first-order chi connectivity index (χ1) is 11.3. The van der Waals surface area contributed by atoms with Gasteiger partial charge >= 0.3 is 6.09 Å². The third-order valence-electron chi connectivity index (χ3n) is 4.70. The van der Waals surface area contributed by atoms with Gasteiger partial charge in [0.2, 0.25) is 0 Å². The molecule has 1 saturated carbocycles. The lowest BCUT2D eigenvalue weighted by atomic mass is 10.1. The fourth-order valence-corrected chi connectivity index (χ4v) is 3.29. The molecule has 5 nitrogen and oxygen atoms in total. The van der Waals surface area contributed by atoms with Gasteiger partial charge in [0, 0.05) is 32.2 Å². The summed E-state index contributed by atoms with van der Waals surface area (Å²) < 4.78 is 5.53. The normalized spacial score (nSPS) is 21.3. The van der Waals surface area contributed by atoms with Crippen LogP contribution >= 0.6 is 0 Å². The predicted octanol–water partition coefficient (Wildman–Crippen LogP) is 2.07. The third-order valence-corrected chi connectivity index (χ3v) is 4.70. The van der Waals surface area contributed by atoms with Crippen molar-refractivity contribution in [3.05, 3.63) is 35.9 Å². The summed E-state index contributed by atoms with van der Waals surface area (Å²) in [4.78, 5) is 16.8. The molecule has 1 aromatic rings. The quantitative estimate of drug-likeness (QED) is 0.836. The van der Waals surface area contributed by atoms with E-state index < -0.39 is 0 Å². The van der Waals surface area contributed by atoms with Gasteiger partial charge in [-0.05, 0) is 37.3 Å². The number of likely N-dealkylation sites (tertiary alicyclic amines) is 1. The molecular weight excluding hydrogens is 290 g/mol. The lowest BCUT2D eigenvalue weighted by Crippen LogP contribution is -2.38. The number of carbonyl (C=O) groups is 1. The summed E-state index contributed by atoms with van der Waals surface area (Å²) in [5, 5.41) is 0. The molecule has 1 saturated heterocycles. The summed E-state index contributed by atoms with van der Waals surface area (Å²) in [5.41, 5.74) is 6.66. The van der Waals surface area contributed by atoms with E-state index >= 15 is 0 Å². The topological polar surface area (TPSA) is 58.8 Å². The van der Waals surface area contributed by atoms with Crippen LogP contribution in [0.5, 0.6) is 0 Å². The minimum atomic E-state index is -0.159. The minimum absolute atomic E-state index is 0.159. The summed E-state index contributed by atoms with van der Waals surface area (Å²) in [6.07, 6.45) is 3.21. The highest BCUT2D eigenvalue weighted by Crippen LogP contribution is 2.30. The van der Waals surface area contributed by atoms with E-state index in [4.69, 9.17) is 10.5 Å². The van der Waals surface area contributed by atoms with E-state index in [0.717, 1.165) is 51.0 Å². The van der Waals surface area contributed by atoms with Crippen molar-refractivity contribution in [2.24, 2.45) is 11.7 Å². The van der Waals surface area contributed by atoms with Gasteiger partial charge in [0.25, 0.3) is 0 Å². The number of nitrogens with two attached hydrogens (primary N) is 1. The Labute approximate surface area is 138 Å². The highest BCUT2D eigenvalue weighted by Gasteiger charge is 2.36. The van der Waals surface area contributed by atoms with Crippen molar-refractivity contribution in [2.75, 3.05) is 32.7 Å². The first-order valence-corrected chi connectivity index (χ1v) is 8.66. The second kappa shape index (κ2) is 7.79. The number of benzene rings is 1. The Morgan fingerprint density at radius 1 is 1.26 bits per heavy atom. The van der Waals surface area contributed by atoms with Crippen LogP contribution in [0, 0.1) is 5.92 Å². The summed E-state index contributed by atoms with van der Waals surface area (Å²) >= 11 is 0. The number of amides is 1. The molecule has 0 spiro atoms. The molecule has 126 valence electrons. The van der Waals surface area contributed by atoms with Crippen LogP contribution in [0.4, 0.5) is 4.79 Å². The number of hydrogen-bond donors (Lipinski definition) is 1. The summed E-state index contributed by atoms with van der Waals surface area (Å²) in [6.45, 7) is 4.98. The summed E-state index contributed by atoms with van der Waals surface area (Å²) in [5.74, 6) is 0.548. The molecule has 1 atom stereocenters. The summed E-state index contributed by atoms with van der Waals surface area (Å²) in [6, 6.07) is 10.3. The smallest absolute Gasteiger partial charge is 0.410 e. The van der Waals surface area contributed by atoms with Gasteiger partial charge in [-0.15, -0.1) is 0 Å². The van der Waals surface area contributed by atoms with E-state index in [0.29, 0.717) is 25.1 Å². The van der Waals surface area contributed by atoms with Crippen LogP contribution in [0.15, 0.2) is 30.3 Å². The molecule has 1 aliphatic heterocycles. The van der Waals surface area contributed by atoms with E-state index in [-0.39, 0.29) is 6.09 Å². The molecule has 0 bridgehead atoms. The molecule has 0 unspecified atom stereocenters. The van der Waals surface area contributed by atoms with E-state index in [9.17, 15) is 4.79 Å². The maximum Gasteiger partial charge on any atom is 0.410 e. The molecular formula is C18H27N3O2. The van der Waals surface area contributed by atoms with Crippen molar-refractivity contribution < 1.29 is 9.53 Å². The molecule has 1 aromatic carbocycles. The third kappa shape index (κ3) is 4.69. The van der Waals surface area contributed by atoms with Crippen molar-refractivity contribution in [2.45, 2.75) is 31.9 Å². The van der Waals surface area contributed by atoms with Gasteiger partial charge in [0.15, 0.2) is 0 Å². The van der Waals surface area contributed by atoms with Gasteiger partial charge in [-0.3, -0.25) is 0 Å². The largest absolute Gasteiger partial charge is 0.445 e. The van der Waals surface area contributed by atoms with Crippen LogP contribution < -0.4 is 5.73 Å². The number of rotatable bonds is 7. The van der Waals surface area contributed by atoms with Gasteiger partial charge < -0.3 is 20.3 Å². The maximum atomic E-state index is 12.5. The average Bonchev–Trinajstić information content (AvgIpc) is 3.32. The second-order valence-electron chi connectivity index (χ2n) is 6.67. The number of carbonyl (C=O) groups excluding carboxylic acids is 1. The number of ether oxygens (including phenoxy) is 1. The Hall–Kier alpha value is -1.59. The Morgan fingerprint density at radius 2 is 2.04 bits per heavy atom. The van der Waals surface area contributed by atoms with Gasteiger partial charge in [-0.25, -0.2) is 4.79 Å². The number of nitrogens with zero attached hydrogens (tertiary/aromatic N) is 2. The van der Waals surface area contributed by atoms with Crippen molar-refractivity contribution >= 4 is 6.09 Å². The molecule has 2 fully saturated rings. The van der Waals surface area contributed by atoms with E-state index in [1.807, 2.05) is 35.2 Å². The molecule has 2 aliphatic rings.